The number of hydrogen-bond acceptors (Lipinski definition) is 4. The molecular weight excluding hydrogens is 353 g/mol. The Morgan fingerprint density at radius 2 is 2.00 bits per heavy atom. The maximum atomic E-state index is 13.1. The standard InChI is InChI=1S/C15H15F3N6O2/c1-19-12(25)14(5-6-14)22-13(26)21-10-4-8-24(23-10)11-9(15(16,17)18)3-2-7-20-11/h2-4,7-8H,5-6H2,1H3,(H,19,25)(H2,21,22,23,26). The van der Waals surface area contributed by atoms with Gasteiger partial charge in [-0.05, 0) is 25.0 Å². The lowest BCUT2D eigenvalue weighted by Crippen LogP contribution is -2.49. The Balaban J connectivity index is 1.74. The summed E-state index contributed by atoms with van der Waals surface area (Å²) >= 11 is 0. The Morgan fingerprint density at radius 1 is 1.27 bits per heavy atom. The van der Waals surface area contributed by atoms with Crippen molar-refractivity contribution in [3.8, 4) is 5.82 Å². The van der Waals surface area contributed by atoms with E-state index < -0.39 is 29.1 Å². The zero-order valence-corrected chi connectivity index (χ0v) is 13.6. The van der Waals surface area contributed by atoms with Crippen LogP contribution in [0.25, 0.3) is 5.82 Å². The van der Waals surface area contributed by atoms with Crippen molar-refractivity contribution < 1.29 is 22.8 Å². The Kier molecular flexibility index (Phi) is 4.30. The van der Waals surface area contributed by atoms with Crippen molar-refractivity contribution in [2.45, 2.75) is 24.6 Å². The Labute approximate surface area is 145 Å². The predicted octanol–water partition coefficient (Wildman–Crippen LogP) is 1.69. The maximum Gasteiger partial charge on any atom is 0.420 e. The minimum Gasteiger partial charge on any atom is -0.357 e. The second-order valence-electron chi connectivity index (χ2n) is 5.76. The van der Waals surface area contributed by atoms with Crippen LogP contribution in [0.5, 0.6) is 0 Å². The number of carbonyl (C=O) groups is 2. The molecule has 0 unspecified atom stereocenters. The van der Waals surface area contributed by atoms with Crippen LogP contribution < -0.4 is 16.0 Å². The average Bonchev–Trinajstić information content (AvgIpc) is 3.22. The smallest absolute Gasteiger partial charge is 0.357 e. The third-order valence-electron chi connectivity index (χ3n) is 3.90. The highest BCUT2D eigenvalue weighted by molar-refractivity contribution is 5.97. The van der Waals surface area contributed by atoms with Gasteiger partial charge in [0, 0.05) is 25.5 Å². The van der Waals surface area contributed by atoms with Crippen LogP contribution in [0.4, 0.5) is 23.8 Å². The molecule has 2 aromatic rings. The van der Waals surface area contributed by atoms with Gasteiger partial charge in [-0.25, -0.2) is 14.5 Å². The second-order valence-corrected chi connectivity index (χ2v) is 5.76. The van der Waals surface area contributed by atoms with E-state index in [9.17, 15) is 22.8 Å². The van der Waals surface area contributed by atoms with Crippen LogP contribution in [-0.2, 0) is 11.0 Å². The molecule has 0 atom stereocenters. The van der Waals surface area contributed by atoms with Crippen LogP contribution >= 0.6 is 0 Å². The van der Waals surface area contributed by atoms with Crippen molar-refractivity contribution in [1.82, 2.24) is 25.4 Å². The highest BCUT2D eigenvalue weighted by Crippen LogP contribution is 2.35. The first-order chi connectivity index (χ1) is 12.2. The Hall–Kier alpha value is -3.11. The SMILES string of the molecule is CNC(=O)C1(NC(=O)Nc2ccn(-c3ncccc3C(F)(F)F)n2)CC1. The van der Waals surface area contributed by atoms with Gasteiger partial charge in [-0.2, -0.15) is 13.2 Å². The fourth-order valence-corrected chi connectivity index (χ4v) is 2.45. The molecular formula is C15H15F3N6O2. The number of aromatic nitrogens is 3. The third kappa shape index (κ3) is 3.46. The summed E-state index contributed by atoms with van der Waals surface area (Å²) in [6.07, 6.45) is -1.10. The van der Waals surface area contributed by atoms with Crippen molar-refractivity contribution in [1.29, 1.82) is 0 Å². The van der Waals surface area contributed by atoms with Crippen molar-refractivity contribution in [2.24, 2.45) is 0 Å². The fourth-order valence-electron chi connectivity index (χ4n) is 2.45. The summed E-state index contributed by atoms with van der Waals surface area (Å²) in [5, 5.41) is 11.3. The molecule has 8 nitrogen and oxygen atoms in total. The lowest BCUT2D eigenvalue weighted by molar-refractivity contribution is -0.137. The van der Waals surface area contributed by atoms with E-state index in [1.165, 1.54) is 31.6 Å². The molecule has 0 radical (unpaired) electrons. The molecule has 0 saturated heterocycles. The topological polar surface area (TPSA) is 101 Å². The van der Waals surface area contributed by atoms with Crippen LogP contribution in [-0.4, -0.2) is 39.3 Å². The number of rotatable bonds is 4. The average molecular weight is 368 g/mol. The van der Waals surface area contributed by atoms with E-state index in [4.69, 9.17) is 0 Å². The summed E-state index contributed by atoms with van der Waals surface area (Å²) in [6.45, 7) is 0. The number of carbonyl (C=O) groups excluding carboxylic acids is 2. The lowest BCUT2D eigenvalue weighted by Gasteiger charge is -2.15. The van der Waals surface area contributed by atoms with Crippen molar-refractivity contribution in [3.63, 3.8) is 0 Å². The molecule has 138 valence electrons. The van der Waals surface area contributed by atoms with Gasteiger partial charge in [0.05, 0.1) is 0 Å². The Morgan fingerprint density at radius 3 is 2.62 bits per heavy atom. The zero-order chi connectivity index (χ0) is 18.9. The molecule has 2 heterocycles. The largest absolute Gasteiger partial charge is 0.420 e. The van der Waals surface area contributed by atoms with Gasteiger partial charge >= 0.3 is 12.2 Å². The summed E-state index contributed by atoms with van der Waals surface area (Å²) in [5.41, 5.74) is -1.89. The highest BCUT2D eigenvalue weighted by Gasteiger charge is 2.50. The van der Waals surface area contributed by atoms with Crippen LogP contribution in [0.3, 0.4) is 0 Å². The summed E-state index contributed by atoms with van der Waals surface area (Å²) in [7, 11) is 1.47. The molecule has 11 heteroatoms. The number of pyridine rings is 1. The number of anilines is 1. The number of alkyl halides is 3. The lowest BCUT2D eigenvalue weighted by atomic mass is 10.2. The molecule has 1 aliphatic rings. The Bertz CT molecular complexity index is 844. The molecule has 0 bridgehead atoms. The van der Waals surface area contributed by atoms with Gasteiger partial charge in [-0.1, -0.05) is 0 Å². The van der Waals surface area contributed by atoms with Crippen LogP contribution in [0.1, 0.15) is 18.4 Å². The van der Waals surface area contributed by atoms with Crippen LogP contribution in [0.2, 0.25) is 0 Å². The van der Waals surface area contributed by atoms with E-state index in [1.54, 1.807) is 0 Å². The quantitative estimate of drug-likeness (QED) is 0.764. The number of urea groups is 1. The molecule has 26 heavy (non-hydrogen) atoms. The minimum absolute atomic E-state index is 0.0222. The number of hydrogen-bond donors (Lipinski definition) is 3. The minimum atomic E-state index is -4.59. The normalized spacial score (nSPS) is 15.2. The summed E-state index contributed by atoms with van der Waals surface area (Å²) in [4.78, 5) is 27.4. The molecule has 1 fully saturated rings. The fraction of sp³-hybridized carbons (Fsp3) is 0.333. The maximum absolute atomic E-state index is 13.1. The van der Waals surface area contributed by atoms with Gasteiger partial charge in [0.25, 0.3) is 0 Å². The molecule has 1 saturated carbocycles. The summed E-state index contributed by atoms with van der Waals surface area (Å²) in [5.74, 6) is -0.687. The number of halogens is 3. The number of likely N-dealkylation sites (N-methyl/N-ethyl adjacent to an activating group) is 1. The summed E-state index contributed by atoms with van der Waals surface area (Å²) < 4.78 is 40.1. The van der Waals surface area contributed by atoms with Gasteiger partial charge in [0.1, 0.15) is 11.1 Å². The predicted molar refractivity (Wildman–Crippen MR) is 84.5 cm³/mol. The van der Waals surface area contributed by atoms with Crippen LogP contribution in [0.15, 0.2) is 30.6 Å². The molecule has 2 aromatic heterocycles. The van der Waals surface area contributed by atoms with E-state index in [0.29, 0.717) is 12.8 Å². The van der Waals surface area contributed by atoms with Gasteiger partial charge in [0.2, 0.25) is 5.91 Å². The molecule has 3 amide bonds. The monoisotopic (exact) mass is 368 g/mol. The molecule has 3 N–H and O–H groups in total. The first-order valence-corrected chi connectivity index (χ1v) is 7.65. The van der Waals surface area contributed by atoms with E-state index in [-0.39, 0.29) is 11.7 Å². The van der Waals surface area contributed by atoms with E-state index >= 15 is 0 Å². The van der Waals surface area contributed by atoms with E-state index in [2.05, 4.69) is 26.0 Å². The first-order valence-electron chi connectivity index (χ1n) is 7.65. The zero-order valence-electron chi connectivity index (χ0n) is 13.6. The number of nitrogens with one attached hydrogen (secondary N) is 3. The molecule has 0 aromatic carbocycles. The van der Waals surface area contributed by atoms with Crippen molar-refractivity contribution in [3.05, 3.63) is 36.2 Å². The van der Waals surface area contributed by atoms with Gasteiger partial charge < -0.3 is 10.6 Å². The van der Waals surface area contributed by atoms with Gasteiger partial charge in [0.15, 0.2) is 11.6 Å². The summed E-state index contributed by atoms with van der Waals surface area (Å²) in [6, 6.07) is 2.72. The first kappa shape index (κ1) is 17.7. The molecule has 3 rings (SSSR count). The van der Waals surface area contributed by atoms with Gasteiger partial charge in [-0.3, -0.25) is 10.1 Å². The molecule has 0 aliphatic heterocycles. The van der Waals surface area contributed by atoms with E-state index in [1.807, 2.05) is 0 Å². The van der Waals surface area contributed by atoms with Crippen LogP contribution in [0, 0.1) is 0 Å². The van der Waals surface area contributed by atoms with Crippen molar-refractivity contribution >= 4 is 17.8 Å². The van der Waals surface area contributed by atoms with Crippen molar-refractivity contribution in [2.75, 3.05) is 12.4 Å². The molecule has 1 aliphatic carbocycles. The number of nitrogens with zero attached hydrogens (tertiary/aromatic N) is 3. The highest BCUT2D eigenvalue weighted by atomic mass is 19.4. The second kappa shape index (κ2) is 6.32. The molecule has 0 spiro atoms. The van der Waals surface area contributed by atoms with Gasteiger partial charge in [-0.15, -0.1) is 5.10 Å². The van der Waals surface area contributed by atoms with E-state index in [0.717, 1.165) is 10.7 Å². The number of amides is 3. The third-order valence-corrected chi connectivity index (χ3v) is 3.90.